The summed E-state index contributed by atoms with van der Waals surface area (Å²) in [4.78, 5) is 4.12. The average molecular weight is 318 g/mol. The SMILES string of the molecule is COCc1ccccc1Nc1nc(Cl)c(Cl)cc1Cl. The van der Waals surface area contributed by atoms with E-state index in [0.29, 0.717) is 22.5 Å². The molecule has 2 rings (SSSR count). The maximum atomic E-state index is 6.08. The highest BCUT2D eigenvalue weighted by molar-refractivity contribution is 6.43. The number of halogens is 3. The highest BCUT2D eigenvalue weighted by Crippen LogP contribution is 2.31. The molecule has 0 aliphatic heterocycles. The van der Waals surface area contributed by atoms with Gasteiger partial charge in [-0.25, -0.2) is 4.98 Å². The van der Waals surface area contributed by atoms with E-state index >= 15 is 0 Å². The number of ether oxygens (including phenoxy) is 1. The van der Waals surface area contributed by atoms with Crippen molar-refractivity contribution in [2.45, 2.75) is 6.61 Å². The zero-order chi connectivity index (χ0) is 13.8. The Bertz CT molecular complexity index is 590. The molecule has 0 unspecified atom stereocenters. The summed E-state index contributed by atoms with van der Waals surface area (Å²) in [6.45, 7) is 0.488. The first-order valence-corrected chi connectivity index (χ1v) is 6.60. The van der Waals surface area contributed by atoms with Crippen LogP contribution in [0.4, 0.5) is 11.5 Å². The van der Waals surface area contributed by atoms with Crippen molar-refractivity contribution in [3.05, 3.63) is 51.1 Å². The molecule has 0 saturated carbocycles. The quantitative estimate of drug-likeness (QED) is 0.812. The molecule has 1 aromatic heterocycles. The number of methoxy groups -OCH3 is 1. The summed E-state index contributed by atoms with van der Waals surface area (Å²) in [5.74, 6) is 0.458. The van der Waals surface area contributed by atoms with Crippen molar-refractivity contribution in [3.8, 4) is 0 Å². The lowest BCUT2D eigenvalue weighted by Crippen LogP contribution is -2.00. The maximum absolute atomic E-state index is 6.08. The number of pyridine rings is 1. The summed E-state index contributed by atoms with van der Waals surface area (Å²) < 4.78 is 5.14. The fraction of sp³-hybridized carbons (Fsp3) is 0.154. The van der Waals surface area contributed by atoms with Crippen LogP contribution in [-0.2, 0) is 11.3 Å². The van der Waals surface area contributed by atoms with Gasteiger partial charge in [0.1, 0.15) is 5.15 Å². The van der Waals surface area contributed by atoms with Gasteiger partial charge >= 0.3 is 0 Å². The summed E-state index contributed by atoms with van der Waals surface area (Å²) >= 11 is 17.8. The average Bonchev–Trinajstić information content (AvgIpc) is 2.38. The van der Waals surface area contributed by atoms with E-state index in [0.717, 1.165) is 11.3 Å². The number of nitrogens with zero attached hydrogens (tertiary/aromatic N) is 1. The van der Waals surface area contributed by atoms with Gasteiger partial charge < -0.3 is 10.1 Å². The molecule has 0 radical (unpaired) electrons. The highest BCUT2D eigenvalue weighted by Gasteiger charge is 2.09. The first-order valence-electron chi connectivity index (χ1n) is 5.47. The standard InChI is InChI=1S/C13H11Cl3N2O/c1-19-7-8-4-2-3-5-11(8)17-13-10(15)6-9(14)12(16)18-13/h2-6H,7H2,1H3,(H,17,18). The number of hydrogen-bond donors (Lipinski definition) is 1. The van der Waals surface area contributed by atoms with Gasteiger partial charge in [-0.3, -0.25) is 0 Å². The highest BCUT2D eigenvalue weighted by atomic mass is 35.5. The number of nitrogens with one attached hydrogen (secondary N) is 1. The Balaban J connectivity index is 2.33. The van der Waals surface area contributed by atoms with Crippen LogP contribution in [0.25, 0.3) is 0 Å². The zero-order valence-corrected chi connectivity index (χ0v) is 12.4. The van der Waals surface area contributed by atoms with Crippen LogP contribution in [0.5, 0.6) is 0 Å². The van der Waals surface area contributed by atoms with E-state index in [1.54, 1.807) is 13.2 Å². The second kappa shape index (κ2) is 6.44. The molecule has 100 valence electrons. The smallest absolute Gasteiger partial charge is 0.151 e. The van der Waals surface area contributed by atoms with Crippen molar-refractivity contribution >= 4 is 46.3 Å². The second-order valence-electron chi connectivity index (χ2n) is 3.81. The van der Waals surface area contributed by atoms with Crippen LogP contribution < -0.4 is 5.32 Å². The molecule has 1 aromatic carbocycles. The number of para-hydroxylation sites is 1. The molecule has 0 bridgehead atoms. The lowest BCUT2D eigenvalue weighted by molar-refractivity contribution is 0.185. The van der Waals surface area contributed by atoms with Crippen molar-refractivity contribution in [3.63, 3.8) is 0 Å². The van der Waals surface area contributed by atoms with Crippen LogP contribution in [0, 0.1) is 0 Å². The number of rotatable bonds is 4. The van der Waals surface area contributed by atoms with Gasteiger partial charge in [-0.05, 0) is 12.1 Å². The van der Waals surface area contributed by atoms with Crippen LogP contribution in [0.3, 0.4) is 0 Å². The maximum Gasteiger partial charge on any atom is 0.151 e. The molecule has 6 heteroatoms. The van der Waals surface area contributed by atoms with Crippen molar-refractivity contribution < 1.29 is 4.74 Å². The van der Waals surface area contributed by atoms with Gasteiger partial charge in [-0.15, -0.1) is 0 Å². The molecular weight excluding hydrogens is 307 g/mol. The Morgan fingerprint density at radius 3 is 2.63 bits per heavy atom. The van der Waals surface area contributed by atoms with E-state index in [1.165, 1.54) is 0 Å². The minimum Gasteiger partial charge on any atom is -0.380 e. The van der Waals surface area contributed by atoms with Crippen LogP contribution in [0.15, 0.2) is 30.3 Å². The Kier molecular flexibility index (Phi) is 4.88. The van der Waals surface area contributed by atoms with Crippen LogP contribution in [0.1, 0.15) is 5.56 Å². The van der Waals surface area contributed by atoms with Gasteiger partial charge in [0.05, 0.1) is 16.7 Å². The molecule has 0 fully saturated rings. The summed E-state index contributed by atoms with van der Waals surface area (Å²) in [5, 5.41) is 4.06. The minimum absolute atomic E-state index is 0.206. The zero-order valence-electron chi connectivity index (χ0n) is 10.1. The predicted molar refractivity (Wildman–Crippen MR) is 79.7 cm³/mol. The van der Waals surface area contributed by atoms with Crippen LogP contribution in [0.2, 0.25) is 15.2 Å². The summed E-state index contributed by atoms with van der Waals surface area (Å²) in [6.07, 6.45) is 0. The van der Waals surface area contributed by atoms with E-state index in [-0.39, 0.29) is 5.15 Å². The van der Waals surface area contributed by atoms with E-state index in [9.17, 15) is 0 Å². The van der Waals surface area contributed by atoms with E-state index in [2.05, 4.69) is 10.3 Å². The van der Waals surface area contributed by atoms with Crippen molar-refractivity contribution in [2.24, 2.45) is 0 Å². The normalized spacial score (nSPS) is 10.5. The molecule has 0 spiro atoms. The monoisotopic (exact) mass is 316 g/mol. The molecule has 0 atom stereocenters. The van der Waals surface area contributed by atoms with Gasteiger partial charge in [0.15, 0.2) is 5.82 Å². The third kappa shape index (κ3) is 3.51. The first kappa shape index (κ1) is 14.4. The summed E-state index contributed by atoms with van der Waals surface area (Å²) in [5.41, 5.74) is 1.85. The fourth-order valence-electron chi connectivity index (χ4n) is 1.58. The molecule has 3 nitrogen and oxygen atoms in total. The van der Waals surface area contributed by atoms with E-state index < -0.39 is 0 Å². The topological polar surface area (TPSA) is 34.1 Å². The molecule has 19 heavy (non-hydrogen) atoms. The largest absolute Gasteiger partial charge is 0.380 e. The summed E-state index contributed by atoms with van der Waals surface area (Å²) in [6, 6.07) is 9.27. The van der Waals surface area contributed by atoms with Gasteiger partial charge in [0.2, 0.25) is 0 Å². The number of aromatic nitrogens is 1. The molecule has 1 heterocycles. The molecule has 1 N–H and O–H groups in total. The number of benzene rings is 1. The van der Waals surface area contributed by atoms with Crippen molar-refractivity contribution in [2.75, 3.05) is 12.4 Å². The third-order valence-corrected chi connectivity index (χ3v) is 3.42. The molecule has 0 saturated heterocycles. The lowest BCUT2D eigenvalue weighted by Gasteiger charge is -2.12. The summed E-state index contributed by atoms with van der Waals surface area (Å²) in [7, 11) is 1.64. The minimum atomic E-state index is 0.206. The van der Waals surface area contributed by atoms with E-state index in [1.807, 2.05) is 24.3 Å². The van der Waals surface area contributed by atoms with Gasteiger partial charge in [0.25, 0.3) is 0 Å². The second-order valence-corrected chi connectivity index (χ2v) is 4.98. The van der Waals surface area contributed by atoms with Crippen LogP contribution in [-0.4, -0.2) is 12.1 Å². The predicted octanol–water partition coefficient (Wildman–Crippen LogP) is 4.93. The van der Waals surface area contributed by atoms with Crippen molar-refractivity contribution in [1.82, 2.24) is 4.98 Å². The lowest BCUT2D eigenvalue weighted by atomic mass is 10.2. The molecule has 0 aliphatic carbocycles. The first-order chi connectivity index (χ1) is 9.11. The Labute approximate surface area is 126 Å². The van der Waals surface area contributed by atoms with Gasteiger partial charge in [-0.2, -0.15) is 0 Å². The molecule has 0 aliphatic rings. The third-order valence-electron chi connectivity index (χ3n) is 2.46. The Morgan fingerprint density at radius 1 is 1.16 bits per heavy atom. The molecule has 2 aromatic rings. The Hall–Kier alpha value is -1.000. The number of anilines is 2. The molecule has 0 amide bonds. The molecular formula is C13H11Cl3N2O. The van der Waals surface area contributed by atoms with Crippen molar-refractivity contribution in [1.29, 1.82) is 0 Å². The van der Waals surface area contributed by atoms with Gasteiger partial charge in [0, 0.05) is 18.4 Å². The van der Waals surface area contributed by atoms with E-state index in [4.69, 9.17) is 39.5 Å². The van der Waals surface area contributed by atoms with Crippen LogP contribution >= 0.6 is 34.8 Å². The Morgan fingerprint density at radius 2 is 1.89 bits per heavy atom. The van der Waals surface area contributed by atoms with Gasteiger partial charge in [-0.1, -0.05) is 53.0 Å². The number of hydrogen-bond acceptors (Lipinski definition) is 3. The fourth-order valence-corrected chi connectivity index (χ4v) is 2.13.